The molecule has 1 aromatic heterocycles. The largest absolute Gasteiger partial charge is 0.485 e. The monoisotopic (exact) mass is 259 g/mol. The Morgan fingerprint density at radius 2 is 2.16 bits per heavy atom. The van der Waals surface area contributed by atoms with E-state index in [1.807, 2.05) is 42.1 Å². The lowest BCUT2D eigenvalue weighted by Gasteiger charge is -2.10. The van der Waals surface area contributed by atoms with Gasteiger partial charge in [-0.15, -0.1) is 0 Å². The molecule has 0 aliphatic carbocycles. The van der Waals surface area contributed by atoms with Gasteiger partial charge in [0.05, 0.1) is 11.4 Å². The fourth-order valence-electron chi connectivity index (χ4n) is 1.82. The molecule has 0 amide bonds. The summed E-state index contributed by atoms with van der Waals surface area (Å²) in [6.07, 6.45) is 3.05. The summed E-state index contributed by atoms with van der Waals surface area (Å²) in [7, 11) is 0. The summed E-state index contributed by atoms with van der Waals surface area (Å²) in [6.45, 7) is 6.71. The van der Waals surface area contributed by atoms with E-state index in [0.29, 0.717) is 18.3 Å². The van der Waals surface area contributed by atoms with Crippen LogP contribution in [0.2, 0.25) is 0 Å². The first-order valence-corrected chi connectivity index (χ1v) is 6.63. The average Bonchev–Trinajstić information content (AvgIpc) is 2.88. The van der Waals surface area contributed by atoms with Crippen molar-refractivity contribution in [3.63, 3.8) is 0 Å². The van der Waals surface area contributed by atoms with E-state index in [2.05, 4.69) is 18.9 Å². The number of hydrogen-bond acceptors (Lipinski definition) is 3. The molecule has 0 spiro atoms. The van der Waals surface area contributed by atoms with Crippen LogP contribution in [-0.4, -0.2) is 9.78 Å². The van der Waals surface area contributed by atoms with Gasteiger partial charge < -0.3 is 10.5 Å². The summed E-state index contributed by atoms with van der Waals surface area (Å²) in [6, 6.07) is 8.20. The Balaban J connectivity index is 2.02. The number of benzene rings is 1. The highest BCUT2D eigenvalue weighted by Crippen LogP contribution is 2.25. The van der Waals surface area contributed by atoms with E-state index in [0.717, 1.165) is 23.4 Å². The summed E-state index contributed by atoms with van der Waals surface area (Å²) >= 11 is 0. The van der Waals surface area contributed by atoms with Gasteiger partial charge in [0.25, 0.3) is 0 Å². The maximum atomic E-state index is 5.97. The smallest absolute Gasteiger partial charge is 0.143 e. The third-order valence-electron chi connectivity index (χ3n) is 3.37. The van der Waals surface area contributed by atoms with E-state index in [4.69, 9.17) is 10.5 Å². The van der Waals surface area contributed by atoms with Crippen molar-refractivity contribution in [1.82, 2.24) is 9.78 Å². The van der Waals surface area contributed by atoms with Crippen LogP contribution >= 0.6 is 0 Å². The zero-order valence-corrected chi connectivity index (χ0v) is 11.8. The first kappa shape index (κ1) is 13.5. The highest BCUT2D eigenvalue weighted by Gasteiger charge is 2.07. The standard InChI is InChI=1S/C15H21N3O/c1-4-12(3)18-9-8-13(17-18)10-19-14-7-5-6-11(2)15(14)16/h5-9,12H,4,10,16H2,1-3H3. The molecule has 4 heteroatoms. The Hall–Kier alpha value is -1.97. The lowest BCUT2D eigenvalue weighted by Crippen LogP contribution is -2.06. The van der Waals surface area contributed by atoms with Crippen LogP contribution in [0, 0.1) is 6.92 Å². The van der Waals surface area contributed by atoms with Gasteiger partial charge in [0.15, 0.2) is 0 Å². The van der Waals surface area contributed by atoms with Crippen LogP contribution in [0.4, 0.5) is 5.69 Å². The van der Waals surface area contributed by atoms with Crippen molar-refractivity contribution in [2.75, 3.05) is 5.73 Å². The number of rotatable bonds is 5. The lowest BCUT2D eigenvalue weighted by molar-refractivity contribution is 0.299. The van der Waals surface area contributed by atoms with Crippen LogP contribution in [0.25, 0.3) is 0 Å². The average molecular weight is 259 g/mol. The van der Waals surface area contributed by atoms with Crippen molar-refractivity contribution in [3.8, 4) is 5.75 Å². The van der Waals surface area contributed by atoms with Crippen molar-refractivity contribution in [3.05, 3.63) is 41.7 Å². The topological polar surface area (TPSA) is 53.1 Å². The fourth-order valence-corrected chi connectivity index (χ4v) is 1.82. The molecule has 0 radical (unpaired) electrons. The number of nitrogens with zero attached hydrogens (tertiary/aromatic N) is 2. The summed E-state index contributed by atoms with van der Waals surface area (Å²) in [5.74, 6) is 0.720. The third kappa shape index (κ3) is 3.08. The zero-order valence-electron chi connectivity index (χ0n) is 11.8. The molecule has 0 bridgehead atoms. The number of aryl methyl sites for hydroxylation is 1. The van der Waals surface area contributed by atoms with Gasteiger partial charge in [-0.25, -0.2) is 0 Å². The van der Waals surface area contributed by atoms with Crippen LogP contribution < -0.4 is 10.5 Å². The minimum absolute atomic E-state index is 0.415. The predicted molar refractivity (Wildman–Crippen MR) is 77.2 cm³/mol. The van der Waals surface area contributed by atoms with E-state index >= 15 is 0 Å². The number of nitrogens with two attached hydrogens (primary N) is 1. The number of hydrogen-bond donors (Lipinski definition) is 1. The molecule has 1 atom stereocenters. The quantitative estimate of drug-likeness (QED) is 0.838. The first-order chi connectivity index (χ1) is 9.11. The van der Waals surface area contributed by atoms with Gasteiger partial charge in [-0.1, -0.05) is 19.1 Å². The van der Waals surface area contributed by atoms with Gasteiger partial charge in [0.1, 0.15) is 12.4 Å². The number of nitrogen functional groups attached to an aromatic ring is 1. The second-order valence-corrected chi connectivity index (χ2v) is 4.82. The fraction of sp³-hybridized carbons (Fsp3) is 0.400. The Labute approximate surface area is 114 Å². The van der Waals surface area contributed by atoms with Gasteiger partial charge in [0.2, 0.25) is 0 Å². The molecule has 0 saturated heterocycles. The molecular weight excluding hydrogens is 238 g/mol. The Bertz CT molecular complexity index is 548. The van der Waals surface area contributed by atoms with E-state index in [1.165, 1.54) is 0 Å². The molecule has 1 heterocycles. The molecule has 4 nitrogen and oxygen atoms in total. The summed E-state index contributed by atoms with van der Waals surface area (Å²) in [5.41, 5.74) is 8.62. The Kier molecular flexibility index (Phi) is 4.10. The molecule has 0 fully saturated rings. The van der Waals surface area contributed by atoms with Gasteiger partial charge in [-0.2, -0.15) is 5.10 Å². The molecule has 19 heavy (non-hydrogen) atoms. The van der Waals surface area contributed by atoms with E-state index in [1.54, 1.807) is 0 Å². The van der Waals surface area contributed by atoms with Crippen LogP contribution in [0.1, 0.15) is 37.6 Å². The second-order valence-electron chi connectivity index (χ2n) is 4.82. The molecule has 1 unspecified atom stereocenters. The molecule has 2 N–H and O–H groups in total. The zero-order chi connectivity index (χ0) is 13.8. The highest BCUT2D eigenvalue weighted by atomic mass is 16.5. The maximum Gasteiger partial charge on any atom is 0.143 e. The van der Waals surface area contributed by atoms with Gasteiger partial charge >= 0.3 is 0 Å². The normalized spacial score (nSPS) is 12.4. The highest BCUT2D eigenvalue weighted by molar-refractivity contribution is 5.57. The predicted octanol–water partition coefficient (Wildman–Crippen LogP) is 3.32. The number of aromatic nitrogens is 2. The van der Waals surface area contributed by atoms with Gasteiger partial charge in [-0.05, 0) is 38.0 Å². The molecule has 2 aromatic rings. The second kappa shape index (κ2) is 5.78. The molecule has 1 aromatic carbocycles. The first-order valence-electron chi connectivity index (χ1n) is 6.63. The molecule has 0 aliphatic heterocycles. The third-order valence-corrected chi connectivity index (χ3v) is 3.37. The van der Waals surface area contributed by atoms with E-state index in [9.17, 15) is 0 Å². The number of anilines is 1. The van der Waals surface area contributed by atoms with E-state index < -0.39 is 0 Å². The molecule has 0 aliphatic rings. The minimum atomic E-state index is 0.415. The Morgan fingerprint density at radius 1 is 1.37 bits per heavy atom. The van der Waals surface area contributed by atoms with Crippen molar-refractivity contribution in [2.24, 2.45) is 0 Å². The van der Waals surface area contributed by atoms with Gasteiger partial charge in [-0.3, -0.25) is 4.68 Å². The molecule has 0 saturated carbocycles. The maximum absolute atomic E-state index is 5.97. The number of ether oxygens (including phenoxy) is 1. The SMILES string of the molecule is CCC(C)n1ccc(COc2cccc(C)c2N)n1. The molecular formula is C15H21N3O. The summed E-state index contributed by atoms with van der Waals surface area (Å²) < 4.78 is 7.70. The van der Waals surface area contributed by atoms with Crippen molar-refractivity contribution >= 4 is 5.69 Å². The summed E-state index contributed by atoms with van der Waals surface area (Å²) in [4.78, 5) is 0. The van der Waals surface area contributed by atoms with Crippen molar-refractivity contribution in [2.45, 2.75) is 39.8 Å². The molecule has 102 valence electrons. The van der Waals surface area contributed by atoms with Crippen LogP contribution in [0.15, 0.2) is 30.5 Å². The number of para-hydroxylation sites is 1. The van der Waals surface area contributed by atoms with Crippen LogP contribution in [0.5, 0.6) is 5.75 Å². The Morgan fingerprint density at radius 3 is 2.89 bits per heavy atom. The molecule has 2 rings (SSSR count). The minimum Gasteiger partial charge on any atom is -0.485 e. The lowest BCUT2D eigenvalue weighted by atomic mass is 10.2. The van der Waals surface area contributed by atoms with Crippen molar-refractivity contribution in [1.29, 1.82) is 0 Å². The summed E-state index contributed by atoms with van der Waals surface area (Å²) in [5, 5.41) is 4.50. The van der Waals surface area contributed by atoms with Gasteiger partial charge in [0, 0.05) is 12.2 Å². The van der Waals surface area contributed by atoms with Crippen LogP contribution in [-0.2, 0) is 6.61 Å². The van der Waals surface area contributed by atoms with E-state index in [-0.39, 0.29) is 0 Å². The van der Waals surface area contributed by atoms with Crippen LogP contribution in [0.3, 0.4) is 0 Å². The van der Waals surface area contributed by atoms with Crippen molar-refractivity contribution < 1.29 is 4.74 Å².